The highest BCUT2D eigenvalue weighted by molar-refractivity contribution is 5.77. The number of carbonyl (C=O) groups is 3. The fraction of sp³-hybridized carbons (Fsp3) is 0.769. The quantitative estimate of drug-likeness (QED) is 0.571. The Morgan fingerprint density at radius 3 is 1.67 bits per heavy atom. The molecule has 0 aliphatic carbocycles. The number of carboxylic acid groups (broad SMARTS) is 2. The number of likely N-dealkylation sites (tertiary alicyclic amines) is 1. The summed E-state index contributed by atoms with van der Waals surface area (Å²) in [5.74, 6) is -1.34. The number of aliphatic carboxylic acids is 2. The first-order chi connectivity index (χ1) is 9.58. The second-order valence-electron chi connectivity index (χ2n) is 4.15. The lowest BCUT2D eigenvalue weighted by atomic mass is 10.4. The van der Waals surface area contributed by atoms with Gasteiger partial charge in [-0.15, -0.1) is 0 Å². The van der Waals surface area contributed by atoms with Gasteiger partial charge >= 0.3 is 0 Å². The summed E-state index contributed by atoms with van der Waals surface area (Å²) in [5, 5.41) is 30.8. The van der Waals surface area contributed by atoms with Crippen molar-refractivity contribution < 1.29 is 34.8 Å². The maximum atomic E-state index is 10.7. The van der Waals surface area contributed by atoms with Gasteiger partial charge in [-0.3, -0.25) is 14.4 Å². The summed E-state index contributed by atoms with van der Waals surface area (Å²) < 4.78 is 0. The number of hydrogen-bond acceptors (Lipinski definition) is 5. The standard InChI is InChI=1S/C6H11NO.C3H8O2.2C2H4O2/c1-2-7-5-3-4-6(7)8;1-3(5)2-4;2*1-2(3)4/h2-5H2,1H3;3-5H,2H2,1H3;2*1H3,(H,3,4). The molecule has 126 valence electrons. The van der Waals surface area contributed by atoms with E-state index in [2.05, 4.69) is 0 Å². The summed E-state index contributed by atoms with van der Waals surface area (Å²) in [7, 11) is 0. The highest BCUT2D eigenvalue weighted by atomic mass is 16.4. The third kappa shape index (κ3) is 32.2. The van der Waals surface area contributed by atoms with Crippen LogP contribution in [-0.4, -0.2) is 69.0 Å². The minimum absolute atomic E-state index is 0.139. The van der Waals surface area contributed by atoms with Crippen molar-refractivity contribution in [3.63, 3.8) is 0 Å². The Balaban J connectivity index is -0.000000219. The minimum atomic E-state index is -0.833. The van der Waals surface area contributed by atoms with Gasteiger partial charge in [0, 0.05) is 33.4 Å². The maximum absolute atomic E-state index is 10.7. The van der Waals surface area contributed by atoms with Crippen molar-refractivity contribution in [2.45, 2.75) is 46.6 Å². The van der Waals surface area contributed by atoms with E-state index in [1.54, 1.807) is 0 Å². The number of aliphatic hydroxyl groups is 2. The molecule has 1 unspecified atom stereocenters. The van der Waals surface area contributed by atoms with E-state index >= 15 is 0 Å². The summed E-state index contributed by atoms with van der Waals surface area (Å²) in [4.78, 5) is 30.6. The molecule has 0 bridgehead atoms. The molecule has 0 radical (unpaired) electrons. The van der Waals surface area contributed by atoms with Crippen LogP contribution in [0.5, 0.6) is 0 Å². The molecule has 1 aliphatic rings. The Hall–Kier alpha value is -1.67. The third-order valence-electron chi connectivity index (χ3n) is 1.82. The van der Waals surface area contributed by atoms with Crippen molar-refractivity contribution in [1.29, 1.82) is 0 Å². The van der Waals surface area contributed by atoms with E-state index in [1.807, 2.05) is 11.8 Å². The molecular weight excluding hydrogens is 282 g/mol. The fourth-order valence-electron chi connectivity index (χ4n) is 1.04. The average molecular weight is 309 g/mol. The van der Waals surface area contributed by atoms with Crippen LogP contribution in [0.2, 0.25) is 0 Å². The molecular formula is C13H27NO7. The van der Waals surface area contributed by atoms with Gasteiger partial charge in [0.1, 0.15) is 0 Å². The molecule has 1 atom stereocenters. The summed E-state index contributed by atoms with van der Waals surface area (Å²) in [5.41, 5.74) is 0. The van der Waals surface area contributed by atoms with Crippen LogP contribution in [0.15, 0.2) is 0 Å². The topological polar surface area (TPSA) is 135 Å². The van der Waals surface area contributed by atoms with Crippen LogP contribution >= 0.6 is 0 Å². The maximum Gasteiger partial charge on any atom is 0.300 e. The Labute approximate surface area is 125 Å². The van der Waals surface area contributed by atoms with Gasteiger partial charge in [0.2, 0.25) is 5.91 Å². The first-order valence-electron chi connectivity index (χ1n) is 6.54. The zero-order valence-corrected chi connectivity index (χ0v) is 13.1. The highest BCUT2D eigenvalue weighted by Crippen LogP contribution is 2.07. The zero-order valence-electron chi connectivity index (χ0n) is 13.1. The highest BCUT2D eigenvalue weighted by Gasteiger charge is 2.16. The Bertz CT molecular complexity index is 272. The predicted octanol–water partition coefficient (Wildman–Crippen LogP) is 0.170. The Kier molecular flexibility index (Phi) is 19.0. The Morgan fingerprint density at radius 2 is 1.57 bits per heavy atom. The largest absolute Gasteiger partial charge is 0.481 e. The lowest BCUT2D eigenvalue weighted by Crippen LogP contribution is -2.23. The van der Waals surface area contributed by atoms with Crippen molar-refractivity contribution in [2.24, 2.45) is 0 Å². The monoisotopic (exact) mass is 309 g/mol. The minimum Gasteiger partial charge on any atom is -0.481 e. The second kappa shape index (κ2) is 16.4. The van der Waals surface area contributed by atoms with Crippen LogP contribution in [0.3, 0.4) is 0 Å². The van der Waals surface area contributed by atoms with Crippen molar-refractivity contribution in [3.8, 4) is 0 Å². The number of hydrogen-bond donors (Lipinski definition) is 4. The molecule has 0 saturated carbocycles. The first-order valence-corrected chi connectivity index (χ1v) is 6.54. The van der Waals surface area contributed by atoms with E-state index in [9.17, 15) is 4.79 Å². The van der Waals surface area contributed by atoms with Gasteiger partial charge in [-0.1, -0.05) is 0 Å². The SMILES string of the molecule is CC(=O)O.CC(=O)O.CC(O)CO.CCN1CCCC1=O. The number of nitrogens with zero attached hydrogens (tertiary/aromatic N) is 1. The molecule has 0 aromatic heterocycles. The number of carbonyl (C=O) groups excluding carboxylic acids is 1. The molecule has 8 nitrogen and oxygen atoms in total. The molecule has 1 saturated heterocycles. The van der Waals surface area contributed by atoms with E-state index in [0.29, 0.717) is 5.91 Å². The number of amides is 1. The zero-order chi connectivity index (χ0) is 17.4. The van der Waals surface area contributed by atoms with Gasteiger partial charge in [-0.05, 0) is 20.3 Å². The fourth-order valence-corrected chi connectivity index (χ4v) is 1.04. The molecule has 1 amide bonds. The van der Waals surface area contributed by atoms with E-state index < -0.39 is 18.0 Å². The van der Waals surface area contributed by atoms with Crippen molar-refractivity contribution in [3.05, 3.63) is 0 Å². The van der Waals surface area contributed by atoms with Crippen LogP contribution in [-0.2, 0) is 14.4 Å². The summed E-state index contributed by atoms with van der Waals surface area (Å²) in [6, 6.07) is 0. The van der Waals surface area contributed by atoms with Crippen LogP contribution in [0, 0.1) is 0 Å². The van der Waals surface area contributed by atoms with Gasteiger partial charge in [0.25, 0.3) is 11.9 Å². The summed E-state index contributed by atoms with van der Waals surface area (Å²) in [6.07, 6.45) is 1.27. The molecule has 1 rings (SSSR count). The molecule has 1 aliphatic heterocycles. The molecule has 0 aromatic rings. The van der Waals surface area contributed by atoms with E-state index in [-0.39, 0.29) is 6.61 Å². The van der Waals surface area contributed by atoms with Crippen molar-refractivity contribution in [2.75, 3.05) is 19.7 Å². The third-order valence-corrected chi connectivity index (χ3v) is 1.82. The van der Waals surface area contributed by atoms with Crippen LogP contribution < -0.4 is 0 Å². The number of aliphatic hydroxyl groups excluding tert-OH is 2. The number of carboxylic acids is 2. The molecule has 0 spiro atoms. The van der Waals surface area contributed by atoms with Gasteiger partial charge in [-0.25, -0.2) is 0 Å². The molecule has 1 heterocycles. The van der Waals surface area contributed by atoms with Crippen molar-refractivity contribution in [1.82, 2.24) is 4.90 Å². The van der Waals surface area contributed by atoms with Crippen LogP contribution in [0.1, 0.15) is 40.5 Å². The summed E-state index contributed by atoms with van der Waals surface area (Å²) in [6.45, 7) is 7.44. The average Bonchev–Trinajstić information content (AvgIpc) is 2.74. The first kappa shape index (κ1) is 24.4. The smallest absolute Gasteiger partial charge is 0.300 e. The van der Waals surface area contributed by atoms with Gasteiger partial charge in [0.05, 0.1) is 12.7 Å². The van der Waals surface area contributed by atoms with Gasteiger partial charge < -0.3 is 25.3 Å². The molecule has 1 fully saturated rings. The molecule has 8 heteroatoms. The second-order valence-corrected chi connectivity index (χ2v) is 4.15. The van der Waals surface area contributed by atoms with Gasteiger partial charge in [0.15, 0.2) is 0 Å². The lowest BCUT2D eigenvalue weighted by Gasteiger charge is -2.10. The van der Waals surface area contributed by atoms with Crippen molar-refractivity contribution >= 4 is 17.8 Å². The molecule has 21 heavy (non-hydrogen) atoms. The number of rotatable bonds is 2. The Morgan fingerprint density at radius 1 is 1.24 bits per heavy atom. The molecule has 0 aromatic carbocycles. The predicted molar refractivity (Wildman–Crippen MR) is 76.9 cm³/mol. The van der Waals surface area contributed by atoms with E-state index in [0.717, 1.165) is 39.8 Å². The van der Waals surface area contributed by atoms with Gasteiger partial charge in [-0.2, -0.15) is 0 Å². The van der Waals surface area contributed by atoms with Crippen LogP contribution in [0.4, 0.5) is 0 Å². The van der Waals surface area contributed by atoms with Crippen LogP contribution in [0.25, 0.3) is 0 Å². The summed E-state index contributed by atoms with van der Waals surface area (Å²) >= 11 is 0. The van der Waals surface area contributed by atoms with E-state index in [4.69, 9.17) is 30.0 Å². The van der Waals surface area contributed by atoms with E-state index in [1.165, 1.54) is 6.92 Å². The lowest BCUT2D eigenvalue weighted by molar-refractivity contribution is -0.135. The molecule has 4 N–H and O–H groups in total. The normalized spacial score (nSPS) is 13.6.